The predicted molar refractivity (Wildman–Crippen MR) is 83.4 cm³/mol. The number of rotatable bonds is 3. The van der Waals surface area contributed by atoms with Crippen LogP contribution in [0.4, 0.5) is 5.82 Å². The van der Waals surface area contributed by atoms with Gasteiger partial charge in [0.15, 0.2) is 17.0 Å². The van der Waals surface area contributed by atoms with Crippen molar-refractivity contribution in [2.24, 2.45) is 0 Å². The van der Waals surface area contributed by atoms with E-state index in [0.717, 1.165) is 17.0 Å². The van der Waals surface area contributed by atoms with Crippen LogP contribution in [0.25, 0.3) is 11.2 Å². The summed E-state index contributed by atoms with van der Waals surface area (Å²) < 4.78 is 0. The van der Waals surface area contributed by atoms with Crippen LogP contribution < -0.4 is 5.32 Å². The summed E-state index contributed by atoms with van der Waals surface area (Å²) in [6.07, 6.45) is 0. The number of benzene rings is 1. The first-order valence-corrected chi connectivity index (χ1v) is 6.97. The molecule has 0 radical (unpaired) electrons. The van der Waals surface area contributed by atoms with E-state index in [1.165, 1.54) is 0 Å². The first-order chi connectivity index (χ1) is 10.1. The Morgan fingerprint density at radius 2 is 1.67 bits per heavy atom. The van der Waals surface area contributed by atoms with E-state index in [2.05, 4.69) is 25.3 Å². The van der Waals surface area contributed by atoms with Gasteiger partial charge in [0.2, 0.25) is 5.28 Å². The molecule has 0 fully saturated rings. The molecule has 106 valence electrons. The minimum atomic E-state index is 0.163. The highest BCUT2D eigenvalue weighted by Gasteiger charge is 2.11. The zero-order chi connectivity index (χ0) is 14.8. The second-order valence-corrected chi connectivity index (χ2v) is 5.09. The van der Waals surface area contributed by atoms with Gasteiger partial charge in [0, 0.05) is 6.54 Å². The fourth-order valence-corrected chi connectivity index (χ4v) is 2.16. The summed E-state index contributed by atoms with van der Waals surface area (Å²) in [6.45, 7) is 4.45. The molecule has 1 aromatic carbocycles. The van der Waals surface area contributed by atoms with Crippen LogP contribution >= 0.6 is 11.6 Å². The first kappa shape index (κ1) is 13.7. The molecule has 0 aliphatic carbocycles. The van der Waals surface area contributed by atoms with Gasteiger partial charge in [-0.2, -0.15) is 9.97 Å². The Balaban J connectivity index is 1.99. The lowest BCUT2D eigenvalue weighted by molar-refractivity contribution is 1.04. The maximum Gasteiger partial charge on any atom is 0.226 e. The molecule has 0 saturated carbocycles. The summed E-state index contributed by atoms with van der Waals surface area (Å²) in [7, 11) is 0. The molecular weight excluding hydrogens is 286 g/mol. The van der Waals surface area contributed by atoms with E-state index in [1.54, 1.807) is 0 Å². The molecule has 21 heavy (non-hydrogen) atoms. The van der Waals surface area contributed by atoms with Crippen molar-refractivity contribution < 1.29 is 0 Å². The summed E-state index contributed by atoms with van der Waals surface area (Å²) in [6, 6.07) is 10.1. The highest BCUT2D eigenvalue weighted by atomic mass is 35.5. The van der Waals surface area contributed by atoms with Crippen LogP contribution in [-0.2, 0) is 6.54 Å². The lowest BCUT2D eigenvalue weighted by atomic mass is 10.2. The highest BCUT2D eigenvalue weighted by molar-refractivity contribution is 6.28. The van der Waals surface area contributed by atoms with Gasteiger partial charge in [-0.15, -0.1) is 0 Å². The predicted octanol–water partition coefficient (Wildman–Crippen LogP) is 3.30. The van der Waals surface area contributed by atoms with E-state index in [1.807, 2.05) is 44.2 Å². The molecule has 0 saturated heterocycles. The molecule has 0 aliphatic rings. The van der Waals surface area contributed by atoms with E-state index < -0.39 is 0 Å². The Hall–Kier alpha value is -2.27. The molecule has 0 amide bonds. The van der Waals surface area contributed by atoms with Crippen molar-refractivity contribution in [3.63, 3.8) is 0 Å². The molecule has 0 aliphatic heterocycles. The van der Waals surface area contributed by atoms with Gasteiger partial charge in [-0.05, 0) is 31.0 Å². The topological polar surface area (TPSA) is 63.6 Å². The van der Waals surface area contributed by atoms with Gasteiger partial charge < -0.3 is 5.32 Å². The zero-order valence-corrected chi connectivity index (χ0v) is 12.5. The second-order valence-electron chi connectivity index (χ2n) is 4.75. The number of halogens is 1. The number of hydrogen-bond donors (Lipinski definition) is 1. The van der Waals surface area contributed by atoms with Crippen LogP contribution in [0.2, 0.25) is 5.28 Å². The van der Waals surface area contributed by atoms with Crippen LogP contribution in [0.1, 0.15) is 17.0 Å². The van der Waals surface area contributed by atoms with E-state index in [4.69, 9.17) is 11.6 Å². The van der Waals surface area contributed by atoms with Crippen molar-refractivity contribution in [2.75, 3.05) is 5.32 Å². The maximum absolute atomic E-state index is 5.97. The molecule has 1 N–H and O–H groups in total. The quantitative estimate of drug-likeness (QED) is 0.752. The highest BCUT2D eigenvalue weighted by Crippen LogP contribution is 2.20. The lowest BCUT2D eigenvalue weighted by Crippen LogP contribution is -2.06. The van der Waals surface area contributed by atoms with Crippen LogP contribution in [0.5, 0.6) is 0 Å². The van der Waals surface area contributed by atoms with Crippen LogP contribution in [0.3, 0.4) is 0 Å². The maximum atomic E-state index is 5.97. The van der Waals surface area contributed by atoms with Gasteiger partial charge in [-0.1, -0.05) is 30.3 Å². The fourth-order valence-electron chi connectivity index (χ4n) is 1.99. The van der Waals surface area contributed by atoms with Crippen molar-refractivity contribution in [3.05, 3.63) is 52.6 Å². The molecule has 0 spiro atoms. The Morgan fingerprint density at radius 3 is 2.43 bits per heavy atom. The van der Waals surface area contributed by atoms with Gasteiger partial charge >= 0.3 is 0 Å². The summed E-state index contributed by atoms with van der Waals surface area (Å²) in [5.41, 5.74) is 3.99. The normalized spacial score (nSPS) is 10.8. The number of nitrogens with zero attached hydrogens (tertiary/aromatic N) is 4. The number of aromatic nitrogens is 4. The van der Waals surface area contributed by atoms with E-state index >= 15 is 0 Å². The largest absolute Gasteiger partial charge is 0.364 e. The molecule has 0 atom stereocenters. The molecule has 5 nitrogen and oxygen atoms in total. The third kappa shape index (κ3) is 2.92. The summed E-state index contributed by atoms with van der Waals surface area (Å²) in [4.78, 5) is 17.3. The van der Waals surface area contributed by atoms with Gasteiger partial charge in [0.1, 0.15) is 0 Å². The second kappa shape index (κ2) is 5.61. The number of nitrogens with one attached hydrogen (secondary N) is 1. The SMILES string of the molecule is Cc1nc2nc(Cl)nc(NCc3ccccc3)c2nc1C. The molecule has 2 heterocycles. The number of anilines is 1. The van der Waals surface area contributed by atoms with Gasteiger partial charge in [-0.3, -0.25) is 0 Å². The molecular formula is C15H14ClN5. The van der Waals surface area contributed by atoms with Gasteiger partial charge in [-0.25, -0.2) is 9.97 Å². The van der Waals surface area contributed by atoms with Crippen molar-refractivity contribution in [1.82, 2.24) is 19.9 Å². The summed E-state index contributed by atoms with van der Waals surface area (Å²) in [5.74, 6) is 0.601. The number of fused-ring (bicyclic) bond motifs is 1. The number of aryl methyl sites for hydroxylation is 2. The number of hydrogen-bond acceptors (Lipinski definition) is 5. The average Bonchev–Trinajstić information content (AvgIpc) is 2.48. The average molecular weight is 300 g/mol. The van der Waals surface area contributed by atoms with Gasteiger partial charge in [0.05, 0.1) is 11.4 Å². The van der Waals surface area contributed by atoms with Crippen molar-refractivity contribution in [2.45, 2.75) is 20.4 Å². The molecule has 2 aromatic heterocycles. The molecule has 3 aromatic rings. The summed E-state index contributed by atoms with van der Waals surface area (Å²) in [5, 5.41) is 3.42. The van der Waals surface area contributed by atoms with Crippen LogP contribution in [0, 0.1) is 13.8 Å². The Morgan fingerprint density at radius 1 is 0.952 bits per heavy atom. The molecule has 3 rings (SSSR count). The Labute approximate surface area is 127 Å². The standard InChI is InChI=1S/C15H14ClN5/c1-9-10(2)19-14-12(18-9)13(20-15(16)21-14)17-8-11-6-4-3-5-7-11/h3-7H,8H2,1-2H3,(H,17,19,20,21). The first-order valence-electron chi connectivity index (χ1n) is 6.60. The van der Waals surface area contributed by atoms with E-state index in [0.29, 0.717) is 23.5 Å². The van der Waals surface area contributed by atoms with Crippen molar-refractivity contribution in [1.29, 1.82) is 0 Å². The molecule has 0 unspecified atom stereocenters. The monoisotopic (exact) mass is 299 g/mol. The molecule has 6 heteroatoms. The third-order valence-corrected chi connectivity index (χ3v) is 3.39. The van der Waals surface area contributed by atoms with Crippen molar-refractivity contribution in [3.8, 4) is 0 Å². The lowest BCUT2D eigenvalue weighted by Gasteiger charge is -2.09. The third-order valence-electron chi connectivity index (χ3n) is 3.22. The Kier molecular flexibility index (Phi) is 3.66. The van der Waals surface area contributed by atoms with E-state index in [-0.39, 0.29) is 5.28 Å². The van der Waals surface area contributed by atoms with Crippen LogP contribution in [0.15, 0.2) is 30.3 Å². The smallest absolute Gasteiger partial charge is 0.226 e. The van der Waals surface area contributed by atoms with Gasteiger partial charge in [0.25, 0.3) is 0 Å². The minimum absolute atomic E-state index is 0.163. The Bertz CT molecular complexity index is 789. The summed E-state index contributed by atoms with van der Waals surface area (Å²) >= 11 is 5.97. The van der Waals surface area contributed by atoms with Crippen molar-refractivity contribution >= 4 is 28.6 Å². The van der Waals surface area contributed by atoms with Crippen LogP contribution in [-0.4, -0.2) is 19.9 Å². The fraction of sp³-hybridized carbons (Fsp3) is 0.200. The minimum Gasteiger partial charge on any atom is -0.364 e. The zero-order valence-electron chi connectivity index (χ0n) is 11.8. The molecule has 0 bridgehead atoms. The van der Waals surface area contributed by atoms with E-state index in [9.17, 15) is 0 Å².